The van der Waals surface area contributed by atoms with Crippen LogP contribution in [0.15, 0.2) is 41.3 Å². The Kier molecular flexibility index (Phi) is 7.83. The largest absolute Gasteiger partial charge is 0.379 e. The maximum atomic E-state index is 12.7. The number of nitrogens with zero attached hydrogens (tertiary/aromatic N) is 1. The summed E-state index contributed by atoms with van der Waals surface area (Å²) in [5.41, 5.74) is 4.25. The van der Waals surface area contributed by atoms with Gasteiger partial charge in [-0.05, 0) is 49.6 Å². The Morgan fingerprint density at radius 3 is 2.42 bits per heavy atom. The van der Waals surface area contributed by atoms with Gasteiger partial charge in [-0.2, -0.15) is 0 Å². The van der Waals surface area contributed by atoms with Gasteiger partial charge in [-0.1, -0.05) is 29.8 Å². The zero-order valence-corrected chi connectivity index (χ0v) is 19.2. The number of sulfonamides is 1. The maximum absolute atomic E-state index is 12.7. The van der Waals surface area contributed by atoms with Gasteiger partial charge in [0.1, 0.15) is 0 Å². The lowest BCUT2D eigenvalue weighted by Crippen LogP contribution is -2.35. The van der Waals surface area contributed by atoms with Gasteiger partial charge in [-0.25, -0.2) is 13.1 Å². The molecule has 3 rings (SSSR count). The summed E-state index contributed by atoms with van der Waals surface area (Å²) in [6.07, 6.45) is 0.0525. The molecule has 1 saturated heterocycles. The number of carbonyl (C=O) groups excluding carboxylic acids is 1. The summed E-state index contributed by atoms with van der Waals surface area (Å²) in [4.78, 5) is 14.9. The van der Waals surface area contributed by atoms with Gasteiger partial charge in [0.05, 0.1) is 18.1 Å². The molecule has 31 heavy (non-hydrogen) atoms. The zero-order chi connectivity index (χ0) is 22.4. The van der Waals surface area contributed by atoms with Crippen LogP contribution in [0.1, 0.15) is 28.7 Å². The van der Waals surface area contributed by atoms with Gasteiger partial charge in [-0.3, -0.25) is 9.69 Å². The van der Waals surface area contributed by atoms with Crippen LogP contribution >= 0.6 is 0 Å². The third-order valence-electron chi connectivity index (χ3n) is 5.24. The Labute approximate surface area is 184 Å². The lowest BCUT2D eigenvalue weighted by atomic mass is 10.1. The second kappa shape index (κ2) is 10.4. The summed E-state index contributed by atoms with van der Waals surface area (Å²) in [5.74, 6) is -0.233. The minimum atomic E-state index is -3.68. The first-order valence-electron chi connectivity index (χ1n) is 10.5. The van der Waals surface area contributed by atoms with Gasteiger partial charge >= 0.3 is 0 Å². The molecule has 0 saturated carbocycles. The SMILES string of the molecule is Cc1cc(C)c(S(=O)(=O)NCCC(=O)Nc2cccc(CN3CCOCC3)c2)c(C)c1. The molecule has 0 aliphatic carbocycles. The molecule has 8 heteroatoms. The van der Waals surface area contributed by atoms with E-state index in [-0.39, 0.29) is 23.8 Å². The number of morpholine rings is 1. The highest BCUT2D eigenvalue weighted by atomic mass is 32.2. The fraction of sp³-hybridized carbons (Fsp3) is 0.435. The number of carbonyl (C=O) groups is 1. The first-order valence-corrected chi connectivity index (χ1v) is 12.0. The van der Waals surface area contributed by atoms with E-state index in [2.05, 4.69) is 14.9 Å². The third-order valence-corrected chi connectivity index (χ3v) is 7.00. The van der Waals surface area contributed by atoms with Crippen molar-refractivity contribution in [2.75, 3.05) is 38.2 Å². The van der Waals surface area contributed by atoms with E-state index in [0.717, 1.165) is 44.0 Å². The highest BCUT2D eigenvalue weighted by Crippen LogP contribution is 2.21. The van der Waals surface area contributed by atoms with E-state index in [0.29, 0.717) is 16.8 Å². The number of aryl methyl sites for hydroxylation is 3. The molecular formula is C23H31N3O4S. The van der Waals surface area contributed by atoms with Crippen molar-refractivity contribution in [3.63, 3.8) is 0 Å². The second-order valence-corrected chi connectivity index (χ2v) is 9.72. The highest BCUT2D eigenvalue weighted by Gasteiger charge is 2.20. The number of amides is 1. The maximum Gasteiger partial charge on any atom is 0.241 e. The van der Waals surface area contributed by atoms with Gasteiger partial charge in [0, 0.05) is 38.3 Å². The van der Waals surface area contributed by atoms with E-state index in [1.807, 2.05) is 43.3 Å². The molecule has 7 nitrogen and oxygen atoms in total. The molecule has 1 heterocycles. The predicted octanol–water partition coefficient (Wildman–Crippen LogP) is 2.75. The molecule has 1 fully saturated rings. The fourth-order valence-electron chi connectivity index (χ4n) is 3.95. The molecule has 0 atom stereocenters. The lowest BCUT2D eigenvalue weighted by molar-refractivity contribution is -0.116. The molecule has 1 aliphatic heterocycles. The fourth-order valence-corrected chi connectivity index (χ4v) is 5.43. The predicted molar refractivity (Wildman–Crippen MR) is 122 cm³/mol. The normalized spacial score (nSPS) is 15.1. The molecule has 0 spiro atoms. The number of hydrogen-bond donors (Lipinski definition) is 2. The molecule has 0 aromatic heterocycles. The Bertz CT molecular complexity index is 1010. The molecule has 1 aliphatic rings. The van der Waals surface area contributed by atoms with E-state index in [4.69, 9.17) is 4.74 Å². The molecule has 0 bridgehead atoms. The van der Waals surface area contributed by atoms with Crippen LogP contribution in [0.4, 0.5) is 5.69 Å². The van der Waals surface area contributed by atoms with Crippen molar-refractivity contribution in [1.29, 1.82) is 0 Å². The van der Waals surface area contributed by atoms with E-state index in [1.54, 1.807) is 13.8 Å². The van der Waals surface area contributed by atoms with Crippen LogP contribution < -0.4 is 10.0 Å². The topological polar surface area (TPSA) is 87.7 Å². The standard InChI is InChI=1S/C23H31N3O4S/c1-17-13-18(2)23(19(3)14-17)31(28,29)24-8-7-22(27)25-21-6-4-5-20(15-21)16-26-9-11-30-12-10-26/h4-6,13-15,24H,7-12,16H2,1-3H3,(H,25,27). The Balaban J connectivity index is 1.53. The summed E-state index contributed by atoms with van der Waals surface area (Å²) < 4.78 is 33.3. The van der Waals surface area contributed by atoms with Gasteiger partial charge in [-0.15, -0.1) is 0 Å². The Hall–Kier alpha value is -2.26. The first kappa shape index (κ1) is 23.4. The number of benzene rings is 2. The summed E-state index contributed by atoms with van der Waals surface area (Å²) in [7, 11) is -3.68. The number of anilines is 1. The van der Waals surface area contributed by atoms with Crippen LogP contribution in [0.2, 0.25) is 0 Å². The molecular weight excluding hydrogens is 414 g/mol. The van der Waals surface area contributed by atoms with Gasteiger partial charge in [0.25, 0.3) is 0 Å². The minimum Gasteiger partial charge on any atom is -0.379 e. The molecule has 0 radical (unpaired) electrons. The molecule has 2 aromatic carbocycles. The Morgan fingerprint density at radius 2 is 1.74 bits per heavy atom. The lowest BCUT2D eigenvalue weighted by Gasteiger charge is -2.26. The molecule has 168 valence electrons. The summed E-state index contributed by atoms with van der Waals surface area (Å²) in [6, 6.07) is 11.4. The highest BCUT2D eigenvalue weighted by molar-refractivity contribution is 7.89. The van der Waals surface area contributed by atoms with Crippen molar-refractivity contribution >= 4 is 21.6 Å². The van der Waals surface area contributed by atoms with Crippen LogP contribution in [-0.4, -0.2) is 52.1 Å². The van der Waals surface area contributed by atoms with Crippen LogP contribution in [0.5, 0.6) is 0 Å². The summed E-state index contributed by atoms with van der Waals surface area (Å²) in [6.45, 7) is 9.63. The summed E-state index contributed by atoms with van der Waals surface area (Å²) in [5, 5.41) is 2.86. The quantitative estimate of drug-likeness (QED) is 0.652. The van der Waals surface area contributed by atoms with Crippen molar-refractivity contribution in [1.82, 2.24) is 9.62 Å². The number of ether oxygens (including phenoxy) is 1. The average molecular weight is 446 g/mol. The van der Waals surface area contributed by atoms with Crippen molar-refractivity contribution in [3.8, 4) is 0 Å². The van der Waals surface area contributed by atoms with E-state index in [1.165, 1.54) is 0 Å². The van der Waals surface area contributed by atoms with Gasteiger partial charge < -0.3 is 10.1 Å². The number of hydrogen-bond acceptors (Lipinski definition) is 5. The molecule has 2 N–H and O–H groups in total. The van der Waals surface area contributed by atoms with Gasteiger partial charge in [0.2, 0.25) is 15.9 Å². The third kappa shape index (κ3) is 6.61. The smallest absolute Gasteiger partial charge is 0.241 e. The van der Waals surface area contributed by atoms with Crippen LogP contribution in [0.25, 0.3) is 0 Å². The first-order chi connectivity index (χ1) is 14.7. The molecule has 2 aromatic rings. The molecule has 0 unspecified atom stereocenters. The summed E-state index contributed by atoms with van der Waals surface area (Å²) >= 11 is 0. The van der Waals surface area contributed by atoms with Crippen LogP contribution in [-0.2, 0) is 26.1 Å². The van der Waals surface area contributed by atoms with E-state index in [9.17, 15) is 13.2 Å². The monoisotopic (exact) mass is 445 g/mol. The van der Waals surface area contributed by atoms with E-state index >= 15 is 0 Å². The minimum absolute atomic E-state index is 0.0361. The van der Waals surface area contributed by atoms with Crippen molar-refractivity contribution < 1.29 is 17.9 Å². The number of nitrogens with one attached hydrogen (secondary N) is 2. The Morgan fingerprint density at radius 1 is 1.06 bits per heavy atom. The van der Waals surface area contributed by atoms with Crippen LogP contribution in [0.3, 0.4) is 0 Å². The van der Waals surface area contributed by atoms with Crippen LogP contribution in [0, 0.1) is 20.8 Å². The second-order valence-electron chi connectivity index (χ2n) is 8.01. The van der Waals surface area contributed by atoms with Gasteiger partial charge in [0.15, 0.2) is 0 Å². The zero-order valence-electron chi connectivity index (χ0n) is 18.4. The molecule has 1 amide bonds. The van der Waals surface area contributed by atoms with Crippen molar-refractivity contribution in [3.05, 3.63) is 58.7 Å². The number of rotatable bonds is 8. The van der Waals surface area contributed by atoms with Crippen molar-refractivity contribution in [2.24, 2.45) is 0 Å². The van der Waals surface area contributed by atoms with E-state index < -0.39 is 10.0 Å². The average Bonchev–Trinajstić information content (AvgIpc) is 2.67. The van der Waals surface area contributed by atoms with Crippen molar-refractivity contribution in [2.45, 2.75) is 38.6 Å².